The van der Waals surface area contributed by atoms with Gasteiger partial charge in [0, 0.05) is 26.7 Å². The van der Waals surface area contributed by atoms with Crippen molar-refractivity contribution in [2.24, 2.45) is 0 Å². The molecule has 6 atom stereocenters. The highest BCUT2D eigenvalue weighted by Crippen LogP contribution is 2.37. The summed E-state index contributed by atoms with van der Waals surface area (Å²) in [6.45, 7) is 3.77. The number of hydrogen-bond donors (Lipinski definition) is 1. The zero-order valence-corrected chi connectivity index (χ0v) is 34.9. The van der Waals surface area contributed by atoms with Gasteiger partial charge in [-0.15, -0.1) is 0 Å². The van der Waals surface area contributed by atoms with Crippen LogP contribution in [0.5, 0.6) is 0 Å². The first-order valence-corrected chi connectivity index (χ1v) is 20.6. The minimum Gasteiger partial charge on any atom is -0.469 e. The Morgan fingerprint density at radius 1 is 0.717 bits per heavy atom. The van der Waals surface area contributed by atoms with Gasteiger partial charge in [-0.25, -0.2) is 0 Å². The number of ether oxygens (including phenoxy) is 8. The Morgan fingerprint density at radius 2 is 1.27 bits per heavy atom. The van der Waals surface area contributed by atoms with Crippen LogP contribution in [0.3, 0.4) is 0 Å². The summed E-state index contributed by atoms with van der Waals surface area (Å²) >= 11 is 0. The lowest BCUT2D eigenvalue weighted by Crippen LogP contribution is -2.68. The van der Waals surface area contributed by atoms with Crippen molar-refractivity contribution in [2.45, 2.75) is 109 Å². The van der Waals surface area contributed by atoms with Crippen molar-refractivity contribution in [2.75, 3.05) is 26.9 Å². The van der Waals surface area contributed by atoms with Gasteiger partial charge in [0.15, 0.2) is 0 Å². The van der Waals surface area contributed by atoms with Crippen LogP contribution < -0.4 is 5.32 Å². The topological polar surface area (TPSA) is 137 Å². The molecule has 1 N–H and O–H groups in total. The van der Waals surface area contributed by atoms with Gasteiger partial charge in [0.25, 0.3) is 0 Å². The molecule has 1 amide bonds. The maximum absolute atomic E-state index is 13.2. The molecule has 0 radical (unpaired) electrons. The molecule has 4 aromatic carbocycles. The normalized spacial score (nSPS) is 19.8. The lowest BCUT2D eigenvalue weighted by Gasteiger charge is -2.50. The van der Waals surface area contributed by atoms with Crippen LogP contribution in [0.2, 0.25) is 0 Å². The second-order valence-electron chi connectivity index (χ2n) is 14.9. The Bertz CT molecular complexity index is 1830. The molecule has 1 heterocycles. The third-order valence-electron chi connectivity index (χ3n) is 10.1. The molecule has 0 unspecified atom stereocenters. The molecule has 0 bridgehead atoms. The summed E-state index contributed by atoms with van der Waals surface area (Å²) in [5, 5.41) is 3.14. The lowest BCUT2D eigenvalue weighted by molar-refractivity contribution is -0.339. The van der Waals surface area contributed by atoms with E-state index in [4.69, 9.17) is 37.9 Å². The molecule has 0 aliphatic carbocycles. The minimum atomic E-state index is -1.53. The van der Waals surface area contributed by atoms with Crippen LogP contribution >= 0.6 is 0 Å². The number of esters is 2. The van der Waals surface area contributed by atoms with Crippen LogP contribution in [0, 0.1) is 0 Å². The molecule has 1 saturated heterocycles. The number of unbranched alkanes of at least 4 members (excludes halogenated alkanes) is 2. The number of carbonyl (C=O) groups is 3. The minimum absolute atomic E-state index is 0.0986. The Labute approximate surface area is 353 Å². The van der Waals surface area contributed by atoms with E-state index in [0.717, 1.165) is 22.3 Å². The molecule has 5 rings (SSSR count). The molecule has 0 saturated carbocycles. The van der Waals surface area contributed by atoms with E-state index in [-0.39, 0.29) is 57.9 Å². The van der Waals surface area contributed by atoms with Gasteiger partial charge in [0.05, 0.1) is 58.9 Å². The van der Waals surface area contributed by atoms with Crippen LogP contribution in [0.1, 0.15) is 68.2 Å². The molecule has 322 valence electrons. The number of hydrogen-bond acceptors (Lipinski definition) is 11. The third kappa shape index (κ3) is 15.6. The van der Waals surface area contributed by atoms with E-state index in [0.29, 0.717) is 32.3 Å². The van der Waals surface area contributed by atoms with Crippen molar-refractivity contribution in [1.82, 2.24) is 5.32 Å². The van der Waals surface area contributed by atoms with Gasteiger partial charge in [-0.1, -0.05) is 128 Å². The van der Waals surface area contributed by atoms with E-state index in [1.807, 2.05) is 121 Å². The van der Waals surface area contributed by atoms with E-state index in [1.165, 1.54) is 21.0 Å². The predicted octanol–water partition coefficient (Wildman–Crippen LogP) is 7.26. The fourth-order valence-electron chi connectivity index (χ4n) is 7.05. The van der Waals surface area contributed by atoms with E-state index < -0.39 is 42.2 Å². The molecule has 4 aromatic rings. The van der Waals surface area contributed by atoms with Crippen LogP contribution in [0.4, 0.5) is 0 Å². The molecule has 1 fully saturated rings. The van der Waals surface area contributed by atoms with E-state index in [1.54, 1.807) is 0 Å². The van der Waals surface area contributed by atoms with Gasteiger partial charge >= 0.3 is 11.9 Å². The zero-order valence-electron chi connectivity index (χ0n) is 34.9. The SMILES string of the molecule is COC(=O)CCCCCO[C@@]1(COC(C)=O)C[C@H](OCc2ccccc2)[C@@H](NC(C)=O)[C@H]([C@H](OCc2ccccc2)[C@@H](COCc2ccccc2)OCc2ccccc2)O1. The number of rotatable bonds is 25. The molecular formula is C48H59NO11. The fraction of sp³-hybridized carbons (Fsp3) is 0.438. The zero-order chi connectivity index (χ0) is 42.4. The van der Waals surface area contributed by atoms with Crippen molar-refractivity contribution in [3.05, 3.63) is 144 Å². The maximum Gasteiger partial charge on any atom is 0.305 e. The summed E-state index contributed by atoms with van der Waals surface area (Å²) in [4.78, 5) is 37.4. The Kier molecular flexibility index (Phi) is 19.2. The van der Waals surface area contributed by atoms with Crippen LogP contribution in [0.25, 0.3) is 0 Å². The van der Waals surface area contributed by atoms with E-state index >= 15 is 0 Å². The molecule has 1 aliphatic heterocycles. The Hall–Kier alpha value is -4.95. The molecule has 1 aliphatic rings. The number of carbonyl (C=O) groups excluding carboxylic acids is 3. The summed E-state index contributed by atoms with van der Waals surface area (Å²) < 4.78 is 51.0. The van der Waals surface area contributed by atoms with Crippen molar-refractivity contribution in [3.63, 3.8) is 0 Å². The summed E-state index contributed by atoms with van der Waals surface area (Å²) in [7, 11) is 1.37. The van der Waals surface area contributed by atoms with Gasteiger partial charge in [-0.2, -0.15) is 0 Å². The summed E-state index contributed by atoms with van der Waals surface area (Å²) in [5.41, 5.74) is 3.77. The van der Waals surface area contributed by atoms with Gasteiger partial charge in [0.2, 0.25) is 11.7 Å². The fourth-order valence-corrected chi connectivity index (χ4v) is 7.05. The molecule has 0 aromatic heterocycles. The first-order chi connectivity index (χ1) is 29.2. The van der Waals surface area contributed by atoms with E-state index in [9.17, 15) is 14.4 Å². The number of nitrogens with one attached hydrogen (secondary N) is 1. The summed E-state index contributed by atoms with van der Waals surface area (Å²) in [6, 6.07) is 38.4. The number of benzene rings is 4. The lowest BCUT2D eigenvalue weighted by atomic mass is 9.88. The third-order valence-corrected chi connectivity index (χ3v) is 10.1. The van der Waals surface area contributed by atoms with E-state index in [2.05, 4.69) is 5.32 Å². The van der Waals surface area contributed by atoms with Crippen LogP contribution in [0.15, 0.2) is 121 Å². The first-order valence-electron chi connectivity index (χ1n) is 20.6. The van der Waals surface area contributed by atoms with Gasteiger partial charge in [0.1, 0.15) is 24.9 Å². The highest BCUT2D eigenvalue weighted by molar-refractivity contribution is 5.73. The maximum atomic E-state index is 13.2. The second-order valence-corrected chi connectivity index (χ2v) is 14.9. The first kappa shape index (κ1) is 46.1. The Balaban J connectivity index is 1.55. The van der Waals surface area contributed by atoms with Crippen molar-refractivity contribution < 1.29 is 52.3 Å². The van der Waals surface area contributed by atoms with Crippen LogP contribution in [-0.2, 0) is 78.7 Å². The van der Waals surface area contributed by atoms with Gasteiger partial charge < -0.3 is 43.2 Å². The highest BCUT2D eigenvalue weighted by Gasteiger charge is 2.54. The second kappa shape index (κ2) is 25.0. The summed E-state index contributed by atoms with van der Waals surface area (Å²) in [5.74, 6) is -2.62. The quantitative estimate of drug-likeness (QED) is 0.0534. The summed E-state index contributed by atoms with van der Waals surface area (Å²) in [6.07, 6.45) is -1.08. The largest absolute Gasteiger partial charge is 0.469 e. The monoisotopic (exact) mass is 825 g/mol. The number of methoxy groups -OCH3 is 1. The van der Waals surface area contributed by atoms with Crippen molar-refractivity contribution >= 4 is 17.8 Å². The molecule has 12 nitrogen and oxygen atoms in total. The molecular weight excluding hydrogens is 767 g/mol. The standard InChI is InChI=1S/C48H59NO11/c1-36(50)49-45-42(55-31-39-21-11-5-12-22-39)29-48(35-58-37(2)51,59-28-18-8-17-27-44(52)53-3)60-47(45)46(57-33-41-25-15-7-16-26-41)43(56-32-40-23-13-6-14-24-40)34-54-30-38-19-9-4-10-20-38/h4-7,9-16,19-26,42-43,45-47H,8,17-18,27-35H2,1-3H3,(H,49,50)/t42-,43+,45+,46+,47+,48-/m0/s1. The number of amides is 1. The molecule has 0 spiro atoms. The average molecular weight is 826 g/mol. The average Bonchev–Trinajstić information content (AvgIpc) is 3.27. The smallest absolute Gasteiger partial charge is 0.305 e. The van der Waals surface area contributed by atoms with Crippen molar-refractivity contribution in [3.8, 4) is 0 Å². The highest BCUT2D eigenvalue weighted by atomic mass is 16.7. The Morgan fingerprint density at radius 3 is 1.82 bits per heavy atom. The van der Waals surface area contributed by atoms with Crippen molar-refractivity contribution in [1.29, 1.82) is 0 Å². The van der Waals surface area contributed by atoms with Gasteiger partial charge in [-0.3, -0.25) is 14.4 Å². The van der Waals surface area contributed by atoms with Crippen LogP contribution in [-0.4, -0.2) is 81.0 Å². The van der Waals surface area contributed by atoms with Gasteiger partial charge in [-0.05, 0) is 35.1 Å². The molecule has 12 heteroatoms. The molecule has 60 heavy (non-hydrogen) atoms. The predicted molar refractivity (Wildman–Crippen MR) is 224 cm³/mol.